The molecule has 1 saturated carbocycles. The number of anilines is 1. The number of nitrogens with two attached hydrogens (primary N) is 1. The first-order chi connectivity index (χ1) is 16.9. The van der Waals surface area contributed by atoms with Crippen molar-refractivity contribution in [1.29, 1.82) is 0 Å². The summed E-state index contributed by atoms with van der Waals surface area (Å²) in [6, 6.07) is 6.76. The van der Waals surface area contributed by atoms with Crippen LogP contribution in [0.1, 0.15) is 63.2 Å². The fraction of sp³-hybridized carbons (Fsp3) is 0.600. The molecule has 35 heavy (non-hydrogen) atoms. The van der Waals surface area contributed by atoms with E-state index in [9.17, 15) is 13.2 Å². The second-order valence-corrected chi connectivity index (χ2v) is 9.94. The van der Waals surface area contributed by atoms with Gasteiger partial charge in [-0.15, -0.1) is 10.2 Å². The number of likely N-dealkylation sites (tertiary alicyclic amines) is 1. The van der Waals surface area contributed by atoms with Crippen molar-refractivity contribution in [3.8, 4) is 11.6 Å². The summed E-state index contributed by atoms with van der Waals surface area (Å²) in [6.07, 6.45) is 1.57. The van der Waals surface area contributed by atoms with Crippen molar-refractivity contribution >= 4 is 16.6 Å². The molecule has 0 radical (unpaired) electrons. The van der Waals surface area contributed by atoms with Crippen LogP contribution in [0.3, 0.4) is 0 Å². The zero-order valence-corrected chi connectivity index (χ0v) is 20.0. The van der Waals surface area contributed by atoms with E-state index in [-0.39, 0.29) is 29.4 Å². The summed E-state index contributed by atoms with van der Waals surface area (Å²) in [6.45, 7) is 1.95. The molecule has 2 aromatic heterocycles. The van der Waals surface area contributed by atoms with Gasteiger partial charge in [0.15, 0.2) is 0 Å². The van der Waals surface area contributed by atoms with Crippen molar-refractivity contribution in [2.24, 2.45) is 11.7 Å². The van der Waals surface area contributed by atoms with Crippen LogP contribution in [0, 0.1) is 5.92 Å². The number of nitrogens with zero attached hydrogens (tertiary/aromatic N) is 4. The molecule has 3 aromatic rings. The molecule has 1 aromatic carbocycles. The summed E-state index contributed by atoms with van der Waals surface area (Å²) in [4.78, 5) is 2.27. The van der Waals surface area contributed by atoms with Gasteiger partial charge in [-0.05, 0) is 69.9 Å². The van der Waals surface area contributed by atoms with Crippen LogP contribution < -0.4 is 11.1 Å². The van der Waals surface area contributed by atoms with Crippen LogP contribution >= 0.6 is 0 Å². The van der Waals surface area contributed by atoms with Crippen molar-refractivity contribution in [3.63, 3.8) is 0 Å². The number of hydrogen-bond donors (Lipinski definition) is 2. The van der Waals surface area contributed by atoms with Gasteiger partial charge in [-0.3, -0.25) is 0 Å². The van der Waals surface area contributed by atoms with E-state index in [0.29, 0.717) is 10.9 Å². The third-order valence-electron chi connectivity index (χ3n) is 7.52. The Labute approximate surface area is 202 Å². The van der Waals surface area contributed by atoms with Crippen molar-refractivity contribution < 1.29 is 17.6 Å². The Balaban J connectivity index is 1.51. The van der Waals surface area contributed by atoms with Gasteiger partial charge < -0.3 is 24.9 Å². The summed E-state index contributed by atoms with van der Waals surface area (Å²) < 4.78 is 49.0. The van der Waals surface area contributed by atoms with E-state index >= 15 is 0 Å². The number of halogens is 3. The van der Waals surface area contributed by atoms with Crippen LogP contribution in [0.15, 0.2) is 28.7 Å². The number of nitrogens with one attached hydrogen (secondary N) is 1. The lowest BCUT2D eigenvalue weighted by Crippen LogP contribution is -2.36. The summed E-state index contributed by atoms with van der Waals surface area (Å²) in [5.41, 5.74) is 7.66. The van der Waals surface area contributed by atoms with Gasteiger partial charge in [0.1, 0.15) is 5.69 Å². The largest absolute Gasteiger partial charge is 0.418 e. The summed E-state index contributed by atoms with van der Waals surface area (Å²) in [5, 5.41) is 12.4. The minimum absolute atomic E-state index is 0.00370. The highest BCUT2D eigenvalue weighted by molar-refractivity contribution is 5.96. The van der Waals surface area contributed by atoms with Gasteiger partial charge in [0.2, 0.25) is 12.2 Å². The number of aromatic nitrogens is 3. The van der Waals surface area contributed by atoms with Gasteiger partial charge in [0.25, 0.3) is 12.3 Å². The van der Waals surface area contributed by atoms with Crippen LogP contribution in [0.2, 0.25) is 0 Å². The topological polar surface area (TPSA) is 85.1 Å². The van der Waals surface area contributed by atoms with Crippen LogP contribution in [0.5, 0.6) is 0 Å². The molecule has 0 bridgehead atoms. The van der Waals surface area contributed by atoms with Crippen molar-refractivity contribution in [3.05, 3.63) is 30.2 Å². The molecule has 10 heteroatoms. The molecule has 1 aliphatic carbocycles. The normalized spacial score (nSPS) is 20.5. The number of hydrogen-bond acceptors (Lipinski definition) is 6. The quantitative estimate of drug-likeness (QED) is 0.454. The van der Waals surface area contributed by atoms with Crippen molar-refractivity contribution in [2.75, 3.05) is 25.5 Å². The number of piperidine rings is 1. The Morgan fingerprint density at radius 3 is 2.51 bits per heavy atom. The highest BCUT2D eigenvalue weighted by Crippen LogP contribution is 2.39. The number of benzene rings is 1. The Hall–Kier alpha value is -2.59. The zero-order chi connectivity index (χ0) is 24.5. The summed E-state index contributed by atoms with van der Waals surface area (Å²) in [7, 11) is 2.09. The van der Waals surface area contributed by atoms with E-state index in [2.05, 4.69) is 27.5 Å². The van der Waals surface area contributed by atoms with Gasteiger partial charge in [-0.1, -0.05) is 25.3 Å². The second kappa shape index (κ2) is 10.2. The first-order valence-electron chi connectivity index (χ1n) is 12.5. The Morgan fingerprint density at radius 2 is 1.80 bits per heavy atom. The van der Waals surface area contributed by atoms with E-state index in [1.165, 1.54) is 6.42 Å². The number of rotatable bonds is 7. The fourth-order valence-corrected chi connectivity index (χ4v) is 5.46. The van der Waals surface area contributed by atoms with E-state index in [1.807, 2.05) is 6.07 Å². The SMILES string of the molecule is CN1CCC(Nc2cccc3c2cc(-c2nnc(C(N)C4CCCCC4)o2)n3C(F)C(F)F)CC1. The van der Waals surface area contributed by atoms with Gasteiger partial charge >= 0.3 is 0 Å². The van der Waals surface area contributed by atoms with Gasteiger partial charge in [-0.25, -0.2) is 13.2 Å². The molecule has 0 spiro atoms. The van der Waals surface area contributed by atoms with E-state index in [1.54, 1.807) is 18.2 Å². The molecule has 2 fully saturated rings. The Bertz CT molecular complexity index is 1130. The predicted octanol–water partition coefficient (Wildman–Crippen LogP) is 5.51. The molecule has 2 unspecified atom stereocenters. The highest BCUT2D eigenvalue weighted by Gasteiger charge is 2.31. The molecule has 7 nitrogen and oxygen atoms in total. The third-order valence-corrected chi connectivity index (χ3v) is 7.52. The van der Waals surface area contributed by atoms with Gasteiger partial charge in [-0.2, -0.15) is 0 Å². The first kappa shape index (κ1) is 24.1. The van der Waals surface area contributed by atoms with E-state index in [4.69, 9.17) is 10.2 Å². The molecule has 5 rings (SSSR count). The maximum absolute atomic E-state index is 14.9. The molecule has 2 atom stereocenters. The lowest BCUT2D eigenvalue weighted by molar-refractivity contribution is 0.0113. The molecular formula is C25H33F3N6O. The maximum atomic E-state index is 14.9. The minimum atomic E-state index is -3.21. The third kappa shape index (κ3) is 4.91. The first-order valence-corrected chi connectivity index (χ1v) is 12.5. The molecule has 1 saturated heterocycles. The predicted molar refractivity (Wildman–Crippen MR) is 129 cm³/mol. The van der Waals surface area contributed by atoms with Crippen LogP contribution in [0.25, 0.3) is 22.5 Å². The minimum Gasteiger partial charge on any atom is -0.418 e. The Morgan fingerprint density at radius 1 is 1.06 bits per heavy atom. The molecule has 2 aliphatic rings. The molecule has 3 heterocycles. The molecule has 3 N–H and O–H groups in total. The molecule has 1 aliphatic heterocycles. The second-order valence-electron chi connectivity index (χ2n) is 9.94. The van der Waals surface area contributed by atoms with Crippen LogP contribution in [-0.4, -0.2) is 52.3 Å². The summed E-state index contributed by atoms with van der Waals surface area (Å²) >= 11 is 0. The average molecular weight is 491 g/mol. The van der Waals surface area contributed by atoms with Crippen LogP contribution in [0.4, 0.5) is 18.9 Å². The van der Waals surface area contributed by atoms with Gasteiger partial charge in [0.05, 0.1) is 11.6 Å². The Kier molecular flexibility index (Phi) is 7.02. The zero-order valence-electron chi connectivity index (χ0n) is 20.0. The van der Waals surface area contributed by atoms with Crippen molar-refractivity contribution in [2.45, 2.75) is 69.8 Å². The number of alkyl halides is 3. The molecule has 0 amide bonds. The van der Waals surface area contributed by atoms with Gasteiger partial charge in [0, 0.05) is 17.1 Å². The smallest absolute Gasteiger partial charge is 0.288 e. The highest BCUT2D eigenvalue weighted by atomic mass is 19.3. The summed E-state index contributed by atoms with van der Waals surface area (Å²) in [5.74, 6) is 0.500. The van der Waals surface area contributed by atoms with E-state index in [0.717, 1.165) is 61.9 Å². The maximum Gasteiger partial charge on any atom is 0.288 e. The fourth-order valence-electron chi connectivity index (χ4n) is 5.46. The lowest BCUT2D eigenvalue weighted by Gasteiger charge is -2.30. The molecular weight excluding hydrogens is 457 g/mol. The number of fused-ring (bicyclic) bond motifs is 1. The van der Waals surface area contributed by atoms with E-state index < -0.39 is 18.8 Å². The lowest BCUT2D eigenvalue weighted by atomic mass is 9.84. The van der Waals surface area contributed by atoms with Crippen LogP contribution in [-0.2, 0) is 0 Å². The van der Waals surface area contributed by atoms with Crippen molar-refractivity contribution in [1.82, 2.24) is 19.7 Å². The standard InChI is InChI=1S/C25H33F3N6O/c1-33-12-10-16(11-13-33)30-18-8-5-9-19-17(18)14-20(34(19)23(28)22(26)27)24-31-32-25(35-24)21(29)15-6-3-2-4-7-15/h5,8-9,14-16,21-23,30H,2-4,6-7,10-13,29H2,1H3. The molecule has 190 valence electrons. The monoisotopic (exact) mass is 490 g/mol. The average Bonchev–Trinajstić information content (AvgIpc) is 3.51.